The number of benzene rings is 2. The lowest BCUT2D eigenvalue weighted by Gasteiger charge is -2.24. The second kappa shape index (κ2) is 10.6. The number of alkyl carbamates (subject to hydrolysis) is 1. The molecule has 0 fully saturated rings. The molecule has 6 nitrogen and oxygen atoms in total. The summed E-state index contributed by atoms with van der Waals surface area (Å²) in [5, 5.41) is 7.32. The number of aromatic nitrogens is 1. The smallest absolute Gasteiger partial charge is 0.408 e. The summed E-state index contributed by atoms with van der Waals surface area (Å²) in [6.45, 7) is 1.83. The third-order valence-electron chi connectivity index (χ3n) is 5.49. The molecule has 32 heavy (non-hydrogen) atoms. The van der Waals surface area contributed by atoms with Crippen LogP contribution in [0.2, 0.25) is 0 Å². The molecule has 0 bridgehead atoms. The molecule has 2 aromatic carbocycles. The molecule has 164 valence electrons. The predicted molar refractivity (Wildman–Crippen MR) is 123 cm³/mol. The first-order chi connectivity index (χ1) is 15.7. The Balaban J connectivity index is 1.40. The molecule has 3 unspecified atom stereocenters. The Hall–Kier alpha value is -3.67. The summed E-state index contributed by atoms with van der Waals surface area (Å²) in [7, 11) is 0. The van der Waals surface area contributed by atoms with Crippen molar-refractivity contribution in [1.29, 1.82) is 0 Å². The van der Waals surface area contributed by atoms with Gasteiger partial charge in [0, 0.05) is 30.8 Å². The van der Waals surface area contributed by atoms with Crippen molar-refractivity contribution in [2.24, 2.45) is 5.16 Å². The van der Waals surface area contributed by atoms with Gasteiger partial charge in [-0.25, -0.2) is 4.79 Å². The minimum Gasteiger partial charge on any atom is -0.442 e. The van der Waals surface area contributed by atoms with E-state index in [1.165, 1.54) is 5.56 Å². The molecule has 0 saturated heterocycles. The van der Waals surface area contributed by atoms with E-state index < -0.39 is 12.2 Å². The van der Waals surface area contributed by atoms with Gasteiger partial charge in [-0.1, -0.05) is 71.9 Å². The van der Waals surface area contributed by atoms with E-state index in [-0.39, 0.29) is 12.1 Å². The monoisotopic (exact) mass is 429 g/mol. The van der Waals surface area contributed by atoms with Gasteiger partial charge >= 0.3 is 6.09 Å². The Kier molecular flexibility index (Phi) is 7.12. The fourth-order valence-corrected chi connectivity index (χ4v) is 3.77. The normalized spacial score (nSPS) is 17.0. The van der Waals surface area contributed by atoms with Crippen LogP contribution in [-0.2, 0) is 22.4 Å². The van der Waals surface area contributed by atoms with Gasteiger partial charge in [-0.2, -0.15) is 0 Å². The standard InChI is InChI=1S/C26H27N3O3/c1-19(22-13-8-14-27-18-22)31-26(30)28-24(16-21-11-6-3-7-12-21)25-17-23(29-32-25)15-20-9-4-2-5-10-20/h2-14,18-19,24-25H,15-17H2,1H3,(H,28,30). The van der Waals surface area contributed by atoms with Crippen molar-refractivity contribution in [2.75, 3.05) is 0 Å². The Morgan fingerprint density at radius 1 is 1.06 bits per heavy atom. The van der Waals surface area contributed by atoms with E-state index in [4.69, 9.17) is 9.57 Å². The summed E-state index contributed by atoms with van der Waals surface area (Å²) < 4.78 is 5.60. The number of hydrogen-bond donors (Lipinski definition) is 1. The molecule has 1 N–H and O–H groups in total. The highest BCUT2D eigenvalue weighted by molar-refractivity contribution is 5.87. The lowest BCUT2D eigenvalue weighted by Crippen LogP contribution is -2.45. The Morgan fingerprint density at radius 2 is 1.78 bits per heavy atom. The molecule has 3 aromatic rings. The molecule has 0 spiro atoms. The van der Waals surface area contributed by atoms with E-state index in [0.29, 0.717) is 12.8 Å². The summed E-state index contributed by atoms with van der Waals surface area (Å²) in [5.41, 5.74) is 4.11. The zero-order chi connectivity index (χ0) is 22.2. The first kappa shape index (κ1) is 21.6. The number of ether oxygens (including phenoxy) is 1. The fraction of sp³-hybridized carbons (Fsp3) is 0.269. The topological polar surface area (TPSA) is 72.8 Å². The molecule has 3 atom stereocenters. The first-order valence-corrected chi connectivity index (χ1v) is 10.8. The van der Waals surface area contributed by atoms with Gasteiger partial charge in [-0.05, 0) is 30.5 Å². The maximum atomic E-state index is 12.7. The van der Waals surface area contributed by atoms with Crippen LogP contribution in [0.25, 0.3) is 0 Å². The van der Waals surface area contributed by atoms with Crippen molar-refractivity contribution in [2.45, 2.75) is 44.4 Å². The SMILES string of the molecule is CC(OC(=O)NC(Cc1ccccc1)C1CC(Cc2ccccc2)=NO1)c1cccnc1. The van der Waals surface area contributed by atoms with Crippen LogP contribution in [0.5, 0.6) is 0 Å². The maximum absolute atomic E-state index is 12.7. The van der Waals surface area contributed by atoms with E-state index >= 15 is 0 Å². The quantitative estimate of drug-likeness (QED) is 0.555. The van der Waals surface area contributed by atoms with Crippen LogP contribution in [-0.4, -0.2) is 28.9 Å². The van der Waals surface area contributed by atoms with Crippen molar-refractivity contribution < 1.29 is 14.4 Å². The summed E-state index contributed by atoms with van der Waals surface area (Å²) in [6.07, 6.45) is 4.26. The number of carbonyl (C=O) groups excluding carboxylic acids is 1. The van der Waals surface area contributed by atoms with E-state index in [2.05, 4.69) is 27.6 Å². The number of carbonyl (C=O) groups is 1. The fourth-order valence-electron chi connectivity index (χ4n) is 3.77. The number of oxime groups is 1. The van der Waals surface area contributed by atoms with Crippen molar-refractivity contribution >= 4 is 11.8 Å². The molecule has 1 aliphatic heterocycles. The van der Waals surface area contributed by atoms with E-state index in [9.17, 15) is 4.79 Å². The molecule has 0 saturated carbocycles. The van der Waals surface area contributed by atoms with Crippen molar-refractivity contribution in [3.63, 3.8) is 0 Å². The highest BCUT2D eigenvalue weighted by Gasteiger charge is 2.32. The van der Waals surface area contributed by atoms with Crippen LogP contribution in [0, 0.1) is 0 Å². The second-order valence-corrected chi connectivity index (χ2v) is 7.94. The van der Waals surface area contributed by atoms with Crippen molar-refractivity contribution in [1.82, 2.24) is 10.3 Å². The van der Waals surface area contributed by atoms with E-state index in [1.807, 2.05) is 67.6 Å². The number of pyridine rings is 1. The van der Waals surface area contributed by atoms with Crippen molar-refractivity contribution in [3.05, 3.63) is 102 Å². The summed E-state index contributed by atoms with van der Waals surface area (Å²) >= 11 is 0. The number of hydrogen-bond acceptors (Lipinski definition) is 5. The van der Waals surface area contributed by atoms with Crippen LogP contribution in [0.15, 0.2) is 90.3 Å². The van der Waals surface area contributed by atoms with Gasteiger partial charge in [0.05, 0.1) is 11.8 Å². The average Bonchev–Trinajstić information content (AvgIpc) is 3.29. The molecule has 2 heterocycles. The third-order valence-corrected chi connectivity index (χ3v) is 5.49. The van der Waals surface area contributed by atoms with E-state index in [1.54, 1.807) is 12.4 Å². The molecule has 1 aromatic heterocycles. The van der Waals surface area contributed by atoms with Gasteiger partial charge in [-0.15, -0.1) is 0 Å². The molecule has 4 rings (SSSR count). The summed E-state index contributed by atoms with van der Waals surface area (Å²) in [5.74, 6) is 0. The van der Waals surface area contributed by atoms with Crippen LogP contribution in [0.1, 0.15) is 36.1 Å². The minimum absolute atomic E-state index is 0.254. The zero-order valence-corrected chi connectivity index (χ0v) is 18.1. The van der Waals surface area contributed by atoms with Crippen LogP contribution >= 0.6 is 0 Å². The van der Waals surface area contributed by atoms with Crippen LogP contribution in [0.4, 0.5) is 4.79 Å². The predicted octanol–water partition coefficient (Wildman–Crippen LogP) is 4.87. The lowest BCUT2D eigenvalue weighted by atomic mass is 9.96. The van der Waals surface area contributed by atoms with Gasteiger partial charge in [0.2, 0.25) is 0 Å². The minimum atomic E-state index is -0.484. The highest BCUT2D eigenvalue weighted by Crippen LogP contribution is 2.21. The molecule has 1 aliphatic rings. The van der Waals surface area contributed by atoms with Crippen LogP contribution in [0.3, 0.4) is 0 Å². The molecular weight excluding hydrogens is 402 g/mol. The second-order valence-electron chi connectivity index (χ2n) is 7.94. The number of rotatable bonds is 8. The van der Waals surface area contributed by atoms with Gasteiger partial charge in [0.1, 0.15) is 6.10 Å². The number of nitrogens with one attached hydrogen (secondary N) is 1. The molecular formula is C26H27N3O3. The molecule has 0 radical (unpaired) electrons. The Bertz CT molecular complexity index is 1030. The number of nitrogens with zero attached hydrogens (tertiary/aromatic N) is 2. The summed E-state index contributed by atoms with van der Waals surface area (Å²) in [4.78, 5) is 22.6. The molecule has 6 heteroatoms. The largest absolute Gasteiger partial charge is 0.442 e. The van der Waals surface area contributed by atoms with E-state index in [0.717, 1.165) is 23.3 Å². The van der Waals surface area contributed by atoms with Crippen molar-refractivity contribution in [3.8, 4) is 0 Å². The van der Waals surface area contributed by atoms with Gasteiger partial charge in [0.25, 0.3) is 0 Å². The Morgan fingerprint density at radius 3 is 2.47 bits per heavy atom. The lowest BCUT2D eigenvalue weighted by molar-refractivity contribution is 0.0468. The van der Waals surface area contributed by atoms with Gasteiger partial charge in [-0.3, -0.25) is 4.98 Å². The Labute approximate surface area is 188 Å². The van der Waals surface area contributed by atoms with Gasteiger partial charge < -0.3 is 14.9 Å². The van der Waals surface area contributed by atoms with Crippen LogP contribution < -0.4 is 5.32 Å². The highest BCUT2D eigenvalue weighted by atomic mass is 16.6. The maximum Gasteiger partial charge on any atom is 0.408 e. The zero-order valence-electron chi connectivity index (χ0n) is 18.1. The van der Waals surface area contributed by atoms with Gasteiger partial charge in [0.15, 0.2) is 6.10 Å². The third kappa shape index (κ3) is 5.94. The first-order valence-electron chi connectivity index (χ1n) is 10.8. The molecule has 1 amide bonds. The number of amides is 1. The molecule has 0 aliphatic carbocycles. The average molecular weight is 430 g/mol. The summed E-state index contributed by atoms with van der Waals surface area (Å²) in [6, 6.07) is 23.6.